The molecule has 3 rings (SSSR count). The van der Waals surface area contributed by atoms with Gasteiger partial charge in [0.15, 0.2) is 5.13 Å². The first kappa shape index (κ1) is 15.4. The number of amides is 1. The topological polar surface area (TPSA) is 51.2 Å². The summed E-state index contributed by atoms with van der Waals surface area (Å²) in [6.45, 7) is 1.93. The molecule has 1 heterocycles. The molecule has 2 aromatic carbocycles. The summed E-state index contributed by atoms with van der Waals surface area (Å²) >= 11 is 1.26. The number of ether oxygens (including phenoxy) is 1. The van der Waals surface area contributed by atoms with E-state index in [9.17, 15) is 9.18 Å². The summed E-state index contributed by atoms with van der Waals surface area (Å²) in [5.74, 6) is 0.217. The van der Waals surface area contributed by atoms with Crippen molar-refractivity contribution in [3.63, 3.8) is 0 Å². The minimum atomic E-state index is -0.384. The third-order valence-corrected chi connectivity index (χ3v) is 4.38. The van der Waals surface area contributed by atoms with Crippen LogP contribution in [0, 0.1) is 12.7 Å². The van der Waals surface area contributed by atoms with Crippen LogP contribution in [0.2, 0.25) is 0 Å². The van der Waals surface area contributed by atoms with Gasteiger partial charge in [-0.25, -0.2) is 9.37 Å². The highest BCUT2D eigenvalue weighted by atomic mass is 32.1. The molecule has 1 amide bonds. The molecule has 23 heavy (non-hydrogen) atoms. The van der Waals surface area contributed by atoms with Crippen LogP contribution in [0.15, 0.2) is 36.4 Å². The van der Waals surface area contributed by atoms with Crippen LogP contribution in [0.5, 0.6) is 5.75 Å². The minimum Gasteiger partial charge on any atom is -0.496 e. The quantitative estimate of drug-likeness (QED) is 0.788. The van der Waals surface area contributed by atoms with Gasteiger partial charge in [0.2, 0.25) is 5.91 Å². The van der Waals surface area contributed by atoms with Crippen LogP contribution >= 0.6 is 11.3 Å². The third-order valence-electron chi connectivity index (χ3n) is 3.44. The number of hydrogen-bond donors (Lipinski definition) is 1. The largest absolute Gasteiger partial charge is 0.496 e. The zero-order chi connectivity index (χ0) is 16.4. The molecule has 0 spiro atoms. The van der Waals surface area contributed by atoms with Crippen LogP contribution < -0.4 is 10.1 Å². The van der Waals surface area contributed by atoms with E-state index in [1.807, 2.05) is 25.1 Å². The number of aryl methyl sites for hydroxylation is 1. The number of fused-ring (bicyclic) bond motifs is 1. The molecule has 0 aliphatic rings. The summed E-state index contributed by atoms with van der Waals surface area (Å²) in [6.07, 6.45) is 0.225. The van der Waals surface area contributed by atoms with E-state index in [0.717, 1.165) is 16.9 Å². The Morgan fingerprint density at radius 1 is 1.35 bits per heavy atom. The predicted molar refractivity (Wildman–Crippen MR) is 89.6 cm³/mol. The molecule has 1 aromatic heterocycles. The molecule has 0 aliphatic heterocycles. The van der Waals surface area contributed by atoms with Gasteiger partial charge in [-0.05, 0) is 36.2 Å². The summed E-state index contributed by atoms with van der Waals surface area (Å²) in [7, 11) is 1.61. The molecule has 4 nitrogen and oxygen atoms in total. The van der Waals surface area contributed by atoms with Gasteiger partial charge < -0.3 is 10.1 Å². The molecule has 0 bridgehead atoms. The monoisotopic (exact) mass is 330 g/mol. The molecule has 0 atom stereocenters. The van der Waals surface area contributed by atoms with Crippen molar-refractivity contribution in [3.8, 4) is 5.75 Å². The van der Waals surface area contributed by atoms with Crippen molar-refractivity contribution in [2.24, 2.45) is 0 Å². The molecule has 0 radical (unpaired) electrons. The lowest BCUT2D eigenvalue weighted by molar-refractivity contribution is -0.115. The lowest BCUT2D eigenvalue weighted by atomic mass is 10.1. The Balaban J connectivity index is 1.73. The molecule has 0 saturated heterocycles. The lowest BCUT2D eigenvalue weighted by Gasteiger charge is -2.07. The van der Waals surface area contributed by atoms with Gasteiger partial charge in [-0.1, -0.05) is 29.5 Å². The molecule has 6 heteroatoms. The number of thiazole rings is 1. The van der Waals surface area contributed by atoms with E-state index in [-0.39, 0.29) is 23.7 Å². The SMILES string of the molecule is COc1ccc(CC(=O)Nc2nc3c(F)cccc3s2)cc1C. The number of carbonyl (C=O) groups excluding carboxylic acids is 1. The van der Waals surface area contributed by atoms with Gasteiger partial charge in [0.25, 0.3) is 0 Å². The number of nitrogens with one attached hydrogen (secondary N) is 1. The van der Waals surface area contributed by atoms with Gasteiger partial charge >= 0.3 is 0 Å². The zero-order valence-corrected chi connectivity index (χ0v) is 13.5. The summed E-state index contributed by atoms with van der Waals surface area (Å²) < 4.78 is 19.5. The van der Waals surface area contributed by atoms with Crippen molar-refractivity contribution in [1.29, 1.82) is 0 Å². The number of para-hydroxylation sites is 1. The normalized spacial score (nSPS) is 10.7. The highest BCUT2D eigenvalue weighted by Gasteiger charge is 2.11. The van der Waals surface area contributed by atoms with E-state index in [0.29, 0.717) is 9.83 Å². The van der Waals surface area contributed by atoms with Gasteiger partial charge in [-0.3, -0.25) is 4.79 Å². The number of aromatic nitrogens is 1. The molecule has 0 saturated carbocycles. The molecule has 1 N–H and O–H groups in total. The zero-order valence-electron chi connectivity index (χ0n) is 12.7. The van der Waals surface area contributed by atoms with Crippen molar-refractivity contribution < 1.29 is 13.9 Å². The molecule has 118 valence electrons. The Bertz CT molecular complexity index is 876. The van der Waals surface area contributed by atoms with Gasteiger partial charge in [-0.15, -0.1) is 0 Å². The van der Waals surface area contributed by atoms with Crippen molar-refractivity contribution in [2.75, 3.05) is 12.4 Å². The maximum atomic E-state index is 13.6. The van der Waals surface area contributed by atoms with E-state index >= 15 is 0 Å². The van der Waals surface area contributed by atoms with Crippen LogP contribution in [0.25, 0.3) is 10.2 Å². The van der Waals surface area contributed by atoms with Gasteiger partial charge in [-0.2, -0.15) is 0 Å². The molecule has 0 unspecified atom stereocenters. The maximum absolute atomic E-state index is 13.6. The fraction of sp³-hybridized carbons (Fsp3) is 0.176. The Morgan fingerprint density at radius 3 is 2.87 bits per heavy atom. The number of anilines is 1. The van der Waals surface area contributed by atoms with Crippen molar-refractivity contribution in [1.82, 2.24) is 4.98 Å². The average molecular weight is 330 g/mol. The first-order chi connectivity index (χ1) is 11.1. The van der Waals surface area contributed by atoms with Crippen molar-refractivity contribution in [3.05, 3.63) is 53.3 Å². The summed E-state index contributed by atoms with van der Waals surface area (Å²) in [5.41, 5.74) is 2.14. The molecule has 0 aliphatic carbocycles. The first-order valence-corrected chi connectivity index (χ1v) is 7.87. The second-order valence-corrected chi connectivity index (χ2v) is 6.17. The van der Waals surface area contributed by atoms with Crippen LogP contribution in [-0.2, 0) is 11.2 Å². The van der Waals surface area contributed by atoms with Gasteiger partial charge in [0.05, 0.1) is 18.2 Å². The number of rotatable bonds is 4. The van der Waals surface area contributed by atoms with Crippen molar-refractivity contribution >= 4 is 32.6 Å². The average Bonchev–Trinajstić information content (AvgIpc) is 2.91. The summed E-state index contributed by atoms with van der Waals surface area (Å²) in [5, 5.41) is 3.13. The highest BCUT2D eigenvalue weighted by Crippen LogP contribution is 2.27. The van der Waals surface area contributed by atoms with E-state index < -0.39 is 0 Å². The minimum absolute atomic E-state index is 0.186. The Hall–Kier alpha value is -2.47. The fourth-order valence-electron chi connectivity index (χ4n) is 2.37. The number of nitrogens with zero attached hydrogens (tertiary/aromatic N) is 1. The van der Waals surface area contributed by atoms with Crippen LogP contribution in [0.1, 0.15) is 11.1 Å². The summed E-state index contributed by atoms with van der Waals surface area (Å²) in [4.78, 5) is 16.3. The second-order valence-electron chi connectivity index (χ2n) is 5.13. The van der Waals surface area contributed by atoms with Crippen LogP contribution in [0.3, 0.4) is 0 Å². The highest BCUT2D eigenvalue weighted by molar-refractivity contribution is 7.22. The van der Waals surface area contributed by atoms with E-state index in [4.69, 9.17) is 4.74 Å². The number of carbonyl (C=O) groups is 1. The van der Waals surface area contributed by atoms with E-state index in [1.165, 1.54) is 17.4 Å². The lowest BCUT2D eigenvalue weighted by Crippen LogP contribution is -2.14. The number of hydrogen-bond acceptors (Lipinski definition) is 4. The predicted octanol–water partition coefficient (Wildman–Crippen LogP) is 3.93. The number of benzene rings is 2. The Morgan fingerprint density at radius 2 is 2.17 bits per heavy atom. The smallest absolute Gasteiger partial charge is 0.230 e. The Kier molecular flexibility index (Phi) is 4.25. The number of methoxy groups -OCH3 is 1. The molecule has 0 fully saturated rings. The van der Waals surface area contributed by atoms with Gasteiger partial charge in [0.1, 0.15) is 17.1 Å². The van der Waals surface area contributed by atoms with E-state index in [2.05, 4.69) is 10.3 Å². The molecular weight excluding hydrogens is 315 g/mol. The van der Waals surface area contributed by atoms with E-state index in [1.54, 1.807) is 19.2 Å². The van der Waals surface area contributed by atoms with Crippen LogP contribution in [0.4, 0.5) is 9.52 Å². The van der Waals surface area contributed by atoms with Gasteiger partial charge in [0, 0.05) is 0 Å². The molecular formula is C17H15FN2O2S. The summed E-state index contributed by atoms with van der Waals surface area (Å²) in [6, 6.07) is 10.4. The number of halogens is 1. The first-order valence-electron chi connectivity index (χ1n) is 7.05. The Labute approximate surface area is 136 Å². The van der Waals surface area contributed by atoms with Crippen molar-refractivity contribution in [2.45, 2.75) is 13.3 Å². The fourth-order valence-corrected chi connectivity index (χ4v) is 3.26. The third kappa shape index (κ3) is 3.32. The van der Waals surface area contributed by atoms with Crippen LogP contribution in [-0.4, -0.2) is 18.0 Å². The molecule has 3 aromatic rings. The standard InChI is InChI=1S/C17H15FN2O2S/c1-10-8-11(6-7-13(10)22-2)9-15(21)19-17-20-16-12(18)4-3-5-14(16)23-17/h3-8H,9H2,1-2H3,(H,19,20,21). The second kappa shape index (κ2) is 6.34. The maximum Gasteiger partial charge on any atom is 0.230 e.